The first kappa shape index (κ1) is 8.85. The fourth-order valence-corrected chi connectivity index (χ4v) is 1.71. The third-order valence-electron chi connectivity index (χ3n) is 2.81. The molecule has 0 bridgehead atoms. The quantitative estimate of drug-likeness (QED) is 0.796. The zero-order chi connectivity index (χ0) is 10.3. The molecule has 0 aromatic heterocycles. The molecule has 0 radical (unpaired) electrons. The average Bonchev–Trinajstić information content (AvgIpc) is 2.71. The highest BCUT2D eigenvalue weighted by Gasteiger charge is 2.31. The largest absolute Gasteiger partial charge is 0.488 e. The maximum absolute atomic E-state index is 9.38. The van der Waals surface area contributed by atoms with Crippen molar-refractivity contribution in [2.75, 3.05) is 6.79 Å². The topological polar surface area (TPSA) is 47.9 Å². The Labute approximate surface area is 87.4 Å². The summed E-state index contributed by atoms with van der Waals surface area (Å²) in [5, 5.41) is 9.38. The van der Waals surface area contributed by atoms with Crippen LogP contribution in [0, 0.1) is 0 Å². The molecule has 2 aliphatic rings. The van der Waals surface area contributed by atoms with Gasteiger partial charge < -0.3 is 19.3 Å². The first-order valence-corrected chi connectivity index (χ1v) is 5.07. The molecule has 80 valence electrons. The van der Waals surface area contributed by atoms with E-state index >= 15 is 0 Å². The molecule has 1 aromatic rings. The number of hydrogen-bond acceptors (Lipinski definition) is 4. The molecule has 2 atom stereocenters. The molecular formula is C11H12O4. The van der Waals surface area contributed by atoms with E-state index in [1.54, 1.807) is 6.07 Å². The smallest absolute Gasteiger partial charge is 0.231 e. The van der Waals surface area contributed by atoms with E-state index in [1.807, 2.05) is 12.1 Å². The lowest BCUT2D eigenvalue weighted by atomic mass is 9.92. The van der Waals surface area contributed by atoms with Gasteiger partial charge in [-0.3, -0.25) is 0 Å². The number of benzene rings is 1. The van der Waals surface area contributed by atoms with Crippen molar-refractivity contribution in [3.8, 4) is 17.2 Å². The minimum atomic E-state index is -0.324. The second-order valence-corrected chi connectivity index (χ2v) is 3.82. The average molecular weight is 208 g/mol. The Kier molecular flexibility index (Phi) is 1.95. The van der Waals surface area contributed by atoms with E-state index in [-0.39, 0.29) is 19.0 Å². The van der Waals surface area contributed by atoms with Gasteiger partial charge in [0.25, 0.3) is 0 Å². The van der Waals surface area contributed by atoms with Crippen LogP contribution in [-0.2, 0) is 0 Å². The molecule has 1 aliphatic carbocycles. The summed E-state index contributed by atoms with van der Waals surface area (Å²) >= 11 is 0. The van der Waals surface area contributed by atoms with Crippen molar-refractivity contribution in [3.05, 3.63) is 18.2 Å². The van der Waals surface area contributed by atoms with Crippen molar-refractivity contribution in [2.24, 2.45) is 0 Å². The third-order valence-corrected chi connectivity index (χ3v) is 2.81. The monoisotopic (exact) mass is 208 g/mol. The highest BCUT2D eigenvalue weighted by Crippen LogP contribution is 2.36. The van der Waals surface area contributed by atoms with Crippen LogP contribution in [0.3, 0.4) is 0 Å². The minimum Gasteiger partial charge on any atom is -0.488 e. The van der Waals surface area contributed by atoms with Crippen LogP contribution >= 0.6 is 0 Å². The van der Waals surface area contributed by atoms with Gasteiger partial charge in [0.15, 0.2) is 11.5 Å². The van der Waals surface area contributed by atoms with Crippen molar-refractivity contribution in [1.29, 1.82) is 0 Å². The maximum atomic E-state index is 9.38. The molecule has 1 fully saturated rings. The lowest BCUT2D eigenvalue weighted by Crippen LogP contribution is -2.41. The van der Waals surface area contributed by atoms with Gasteiger partial charge >= 0.3 is 0 Å². The molecule has 0 unspecified atom stereocenters. The molecule has 1 aliphatic heterocycles. The lowest BCUT2D eigenvalue weighted by molar-refractivity contribution is -0.0362. The van der Waals surface area contributed by atoms with E-state index in [0.29, 0.717) is 5.75 Å². The highest BCUT2D eigenvalue weighted by atomic mass is 16.7. The van der Waals surface area contributed by atoms with E-state index in [9.17, 15) is 5.11 Å². The van der Waals surface area contributed by atoms with Gasteiger partial charge in [0.1, 0.15) is 11.9 Å². The summed E-state index contributed by atoms with van der Waals surface area (Å²) in [4.78, 5) is 0. The van der Waals surface area contributed by atoms with Crippen LogP contribution in [0.4, 0.5) is 0 Å². The summed E-state index contributed by atoms with van der Waals surface area (Å²) in [5.41, 5.74) is 0. The zero-order valence-corrected chi connectivity index (χ0v) is 8.18. The van der Waals surface area contributed by atoms with Gasteiger partial charge in [0.2, 0.25) is 6.79 Å². The molecule has 3 rings (SSSR count). The minimum absolute atomic E-state index is 0.0645. The van der Waals surface area contributed by atoms with Gasteiger partial charge in [0.05, 0.1) is 6.10 Å². The standard InChI is InChI=1S/C11H12O4/c12-8-2-4-9(8)15-7-1-3-10-11(5-7)14-6-13-10/h1,3,5,8-9,12H,2,4,6H2/t8-,9-/m1/s1. The number of fused-ring (bicyclic) bond motifs is 1. The maximum Gasteiger partial charge on any atom is 0.231 e. The SMILES string of the molecule is O[C@@H]1CC[C@H]1Oc1ccc2c(c1)OCO2. The molecule has 1 N–H and O–H groups in total. The van der Waals surface area contributed by atoms with Crippen LogP contribution in [0.25, 0.3) is 0 Å². The summed E-state index contributed by atoms with van der Waals surface area (Å²) in [6.45, 7) is 0.269. The summed E-state index contributed by atoms with van der Waals surface area (Å²) in [5.74, 6) is 2.18. The molecule has 1 aromatic carbocycles. The highest BCUT2D eigenvalue weighted by molar-refractivity contribution is 5.46. The Morgan fingerprint density at radius 1 is 1.20 bits per heavy atom. The van der Waals surface area contributed by atoms with Gasteiger partial charge in [-0.15, -0.1) is 0 Å². The molecule has 0 amide bonds. The Morgan fingerprint density at radius 3 is 2.80 bits per heavy atom. The Bertz CT molecular complexity index is 377. The fourth-order valence-electron chi connectivity index (χ4n) is 1.71. The van der Waals surface area contributed by atoms with E-state index in [1.165, 1.54) is 0 Å². The van der Waals surface area contributed by atoms with Gasteiger partial charge in [-0.25, -0.2) is 0 Å². The fraction of sp³-hybridized carbons (Fsp3) is 0.455. The first-order valence-electron chi connectivity index (χ1n) is 5.07. The van der Waals surface area contributed by atoms with Crippen molar-refractivity contribution >= 4 is 0 Å². The summed E-state index contributed by atoms with van der Waals surface area (Å²) in [6.07, 6.45) is 1.35. The van der Waals surface area contributed by atoms with Crippen molar-refractivity contribution in [3.63, 3.8) is 0 Å². The number of rotatable bonds is 2. The van der Waals surface area contributed by atoms with E-state index in [2.05, 4.69) is 0 Å². The number of ether oxygens (including phenoxy) is 3. The molecule has 1 heterocycles. The molecule has 15 heavy (non-hydrogen) atoms. The van der Waals surface area contributed by atoms with Crippen molar-refractivity contribution < 1.29 is 19.3 Å². The van der Waals surface area contributed by atoms with Crippen LogP contribution < -0.4 is 14.2 Å². The van der Waals surface area contributed by atoms with E-state index in [0.717, 1.165) is 24.3 Å². The molecule has 0 spiro atoms. The van der Waals surface area contributed by atoms with Gasteiger partial charge in [0, 0.05) is 6.07 Å². The molecule has 1 saturated carbocycles. The van der Waals surface area contributed by atoms with Gasteiger partial charge in [-0.1, -0.05) is 0 Å². The Hall–Kier alpha value is -1.42. The molecule has 0 saturated heterocycles. The van der Waals surface area contributed by atoms with Crippen LogP contribution in [0.2, 0.25) is 0 Å². The zero-order valence-electron chi connectivity index (χ0n) is 8.18. The second kappa shape index (κ2) is 3.31. The summed E-state index contributed by atoms with van der Waals surface area (Å²) < 4.78 is 16.0. The Balaban J connectivity index is 1.75. The van der Waals surface area contributed by atoms with Gasteiger partial charge in [-0.2, -0.15) is 0 Å². The normalized spacial score (nSPS) is 27.3. The number of aliphatic hydroxyl groups is 1. The summed E-state index contributed by atoms with van der Waals surface area (Å²) in [7, 11) is 0. The lowest BCUT2D eigenvalue weighted by Gasteiger charge is -2.32. The third kappa shape index (κ3) is 1.51. The molecule has 4 nitrogen and oxygen atoms in total. The number of hydrogen-bond donors (Lipinski definition) is 1. The Morgan fingerprint density at radius 2 is 2.07 bits per heavy atom. The van der Waals surface area contributed by atoms with E-state index < -0.39 is 0 Å². The molecular weight excluding hydrogens is 196 g/mol. The number of aliphatic hydroxyl groups excluding tert-OH is 1. The summed E-state index contributed by atoms with van der Waals surface area (Å²) in [6, 6.07) is 5.45. The predicted molar refractivity (Wildman–Crippen MR) is 52.2 cm³/mol. The van der Waals surface area contributed by atoms with Crippen LogP contribution in [0.15, 0.2) is 18.2 Å². The van der Waals surface area contributed by atoms with Crippen LogP contribution in [-0.4, -0.2) is 24.1 Å². The van der Waals surface area contributed by atoms with E-state index in [4.69, 9.17) is 14.2 Å². The second-order valence-electron chi connectivity index (χ2n) is 3.82. The van der Waals surface area contributed by atoms with Crippen molar-refractivity contribution in [1.82, 2.24) is 0 Å². The van der Waals surface area contributed by atoms with Crippen molar-refractivity contribution in [2.45, 2.75) is 25.0 Å². The predicted octanol–water partition coefficient (Wildman–Crippen LogP) is 1.32. The molecule has 4 heteroatoms. The van der Waals surface area contributed by atoms with Crippen LogP contribution in [0.1, 0.15) is 12.8 Å². The van der Waals surface area contributed by atoms with Gasteiger partial charge in [-0.05, 0) is 25.0 Å². The van der Waals surface area contributed by atoms with Crippen LogP contribution in [0.5, 0.6) is 17.2 Å². The first-order chi connectivity index (χ1) is 7.33.